The monoisotopic (exact) mass is 498 g/mol. The van der Waals surface area contributed by atoms with E-state index in [9.17, 15) is 0 Å². The molecule has 0 radical (unpaired) electrons. The van der Waals surface area contributed by atoms with Gasteiger partial charge >= 0.3 is 0 Å². The average Bonchev–Trinajstić information content (AvgIpc) is 2.65. The number of rotatable bonds is 3. The summed E-state index contributed by atoms with van der Waals surface area (Å²) in [7, 11) is -4.23. The van der Waals surface area contributed by atoms with E-state index in [4.69, 9.17) is 11.6 Å². The van der Waals surface area contributed by atoms with Gasteiger partial charge in [0.15, 0.2) is 8.07 Å². The summed E-state index contributed by atoms with van der Waals surface area (Å²) in [5, 5.41) is 4.06. The van der Waals surface area contributed by atoms with Crippen molar-refractivity contribution in [3.63, 3.8) is 0 Å². The Bertz CT molecular complexity index is 950. The van der Waals surface area contributed by atoms with E-state index in [0.29, 0.717) is 5.03 Å². The second-order valence-corrected chi connectivity index (χ2v) is 19.3. The van der Waals surface area contributed by atoms with Crippen molar-refractivity contribution in [2.75, 3.05) is 0 Å². The Hall–Kier alpha value is -1.50. The van der Waals surface area contributed by atoms with Crippen molar-refractivity contribution in [1.29, 1.82) is 0 Å². The third kappa shape index (κ3) is 5.36. The summed E-state index contributed by atoms with van der Waals surface area (Å²) in [4.78, 5) is 2.81. The third-order valence-corrected chi connectivity index (χ3v) is 12.1. The van der Waals surface area contributed by atoms with Gasteiger partial charge in [0, 0.05) is 21.1 Å². The molecular weight excluding hydrogens is 472 g/mol. The minimum atomic E-state index is -2.61. The first-order valence-corrected chi connectivity index (χ1v) is 16.4. The predicted molar refractivity (Wildman–Crippen MR) is 138 cm³/mol. The molecule has 0 fully saturated rings. The number of hydrogen-bond acceptors (Lipinski definition) is 0. The summed E-state index contributed by atoms with van der Waals surface area (Å²) in [5.41, 5.74) is 3.58. The van der Waals surface area contributed by atoms with Crippen LogP contribution in [0.3, 0.4) is 0 Å². The molecule has 0 aliphatic carbocycles. The maximum Gasteiger partial charge on any atom is 0.166 e. The van der Waals surface area contributed by atoms with Gasteiger partial charge in [0.05, 0.1) is 5.03 Å². The van der Waals surface area contributed by atoms with Crippen molar-refractivity contribution >= 4 is 54.1 Å². The second kappa shape index (κ2) is 9.54. The molecule has 0 bridgehead atoms. The van der Waals surface area contributed by atoms with E-state index in [-0.39, 0.29) is 5.04 Å². The largest absolute Gasteiger partial charge is 0.166 e. The van der Waals surface area contributed by atoms with Gasteiger partial charge in [-0.05, 0) is 26.2 Å². The van der Waals surface area contributed by atoms with E-state index in [1.54, 1.807) is 0 Å². The van der Waals surface area contributed by atoms with Crippen LogP contribution in [0.25, 0.3) is 0 Å². The summed E-state index contributed by atoms with van der Waals surface area (Å²) in [6.45, 7) is 13.7. The number of benzene rings is 2. The highest BCUT2D eigenvalue weighted by atomic mass is 79.9. The molecule has 4 heteroatoms. The minimum absolute atomic E-state index is 0.0761. The van der Waals surface area contributed by atoms with Crippen LogP contribution in [0.5, 0.6) is 0 Å². The van der Waals surface area contributed by atoms with Crippen LogP contribution < -0.4 is 10.4 Å². The third-order valence-electron chi connectivity index (χ3n) is 4.85. The number of hydrogen-bond donors (Lipinski definition) is 0. The molecule has 29 heavy (non-hydrogen) atoms. The molecule has 0 unspecified atom stereocenters. The fourth-order valence-corrected chi connectivity index (χ4v) is 10.6. The van der Waals surface area contributed by atoms with E-state index < -0.39 is 16.1 Å². The molecule has 0 heterocycles. The summed E-state index contributed by atoms with van der Waals surface area (Å²) < 4.78 is 0. The van der Waals surface area contributed by atoms with Crippen molar-refractivity contribution in [3.05, 3.63) is 70.9 Å². The van der Waals surface area contributed by atoms with Gasteiger partial charge in [0.2, 0.25) is 0 Å². The predicted octanol–water partition coefficient (Wildman–Crippen LogP) is 6.32. The van der Waals surface area contributed by atoms with Crippen LogP contribution in [0.1, 0.15) is 20.8 Å². The molecule has 0 aromatic heterocycles. The first-order chi connectivity index (χ1) is 13.5. The zero-order valence-corrected chi connectivity index (χ0v) is 22.4. The summed E-state index contributed by atoms with van der Waals surface area (Å²) in [6, 6.07) is 21.5. The lowest BCUT2D eigenvalue weighted by molar-refractivity contribution is 0.737. The SMILES string of the molecule is CC(C)(C)[Si](/C(C#C[Si](C)(C)C)=C(/Cl)C#CBr)(c1ccccc1)c1ccccc1. The average molecular weight is 500 g/mol. The van der Waals surface area contributed by atoms with Crippen molar-refractivity contribution in [1.82, 2.24) is 0 Å². The molecule has 0 N–H and O–H groups in total. The molecule has 0 saturated heterocycles. The van der Waals surface area contributed by atoms with Gasteiger partial charge in [0.1, 0.15) is 8.07 Å². The molecule has 2 aromatic carbocycles. The van der Waals surface area contributed by atoms with E-state index in [1.165, 1.54) is 10.4 Å². The number of allylic oxidation sites excluding steroid dienone is 2. The van der Waals surface area contributed by atoms with Gasteiger partial charge in [-0.1, -0.05) is 119 Å². The Morgan fingerprint density at radius 3 is 1.62 bits per heavy atom. The van der Waals surface area contributed by atoms with Crippen LogP contribution in [0, 0.1) is 22.2 Å². The van der Waals surface area contributed by atoms with Gasteiger partial charge in [-0.25, -0.2) is 0 Å². The van der Waals surface area contributed by atoms with Gasteiger partial charge in [-0.2, -0.15) is 0 Å². The van der Waals surface area contributed by atoms with Crippen molar-refractivity contribution in [3.8, 4) is 22.2 Å². The standard InChI is InChI=1S/C25H28BrClSi2/c1-25(2,3)29(21-13-9-7-10-14-21,22-15-11-8-12-16-22)24(23(27)17-19-26)18-20-28(4,5)6/h7-16H,1-6H3/b24-23+. The highest BCUT2D eigenvalue weighted by molar-refractivity contribution is 9.12. The maximum atomic E-state index is 6.89. The van der Waals surface area contributed by atoms with Gasteiger partial charge in [0.25, 0.3) is 0 Å². The van der Waals surface area contributed by atoms with E-state index >= 15 is 0 Å². The van der Waals surface area contributed by atoms with Gasteiger partial charge in [-0.15, -0.1) is 5.54 Å². The summed E-state index contributed by atoms with van der Waals surface area (Å²) in [5.74, 6) is 6.64. The lowest BCUT2D eigenvalue weighted by Gasteiger charge is -2.44. The Labute approximate surface area is 191 Å². The van der Waals surface area contributed by atoms with E-state index in [1.807, 2.05) is 0 Å². The molecule has 2 aromatic rings. The summed E-state index contributed by atoms with van der Waals surface area (Å²) >= 11 is 10.1. The lowest BCUT2D eigenvalue weighted by atomic mass is 10.2. The zero-order chi connectivity index (χ0) is 21.7. The first-order valence-electron chi connectivity index (χ1n) is 9.70. The minimum Gasteiger partial charge on any atom is -0.127 e. The normalized spacial score (nSPS) is 12.8. The van der Waals surface area contributed by atoms with Gasteiger partial charge < -0.3 is 0 Å². The van der Waals surface area contributed by atoms with Crippen LogP contribution in [0.4, 0.5) is 0 Å². The van der Waals surface area contributed by atoms with Crippen LogP contribution in [-0.2, 0) is 0 Å². The topological polar surface area (TPSA) is 0 Å². The molecule has 0 amide bonds. The first kappa shape index (κ1) is 23.8. The maximum absolute atomic E-state index is 6.89. The summed E-state index contributed by atoms with van der Waals surface area (Å²) in [6.07, 6.45) is 0. The van der Waals surface area contributed by atoms with Crippen LogP contribution >= 0.6 is 27.5 Å². The van der Waals surface area contributed by atoms with Crippen molar-refractivity contribution in [2.24, 2.45) is 0 Å². The molecule has 0 saturated carbocycles. The molecule has 0 aliphatic rings. The molecule has 0 nitrogen and oxygen atoms in total. The lowest BCUT2D eigenvalue weighted by Crippen LogP contribution is -2.66. The smallest absolute Gasteiger partial charge is 0.127 e. The van der Waals surface area contributed by atoms with Crippen molar-refractivity contribution < 1.29 is 0 Å². The molecule has 150 valence electrons. The Kier molecular flexibility index (Phi) is 7.82. The molecule has 0 spiro atoms. The van der Waals surface area contributed by atoms with Crippen LogP contribution in [0.15, 0.2) is 70.9 Å². The Morgan fingerprint density at radius 1 is 0.828 bits per heavy atom. The zero-order valence-electron chi connectivity index (χ0n) is 18.0. The molecule has 0 atom stereocenters. The number of halogens is 2. The quantitative estimate of drug-likeness (QED) is 0.342. The van der Waals surface area contributed by atoms with E-state index in [0.717, 1.165) is 5.20 Å². The molecular formula is C25H28BrClSi2. The second-order valence-electron chi connectivity index (χ2n) is 9.14. The van der Waals surface area contributed by atoms with Crippen LogP contribution in [-0.4, -0.2) is 16.1 Å². The van der Waals surface area contributed by atoms with Gasteiger partial charge in [-0.3, -0.25) is 0 Å². The Balaban J connectivity index is 3.10. The fourth-order valence-electron chi connectivity index (χ4n) is 3.74. The highest BCUT2D eigenvalue weighted by Crippen LogP contribution is 2.41. The van der Waals surface area contributed by atoms with E-state index in [2.05, 4.69) is 139 Å². The molecule has 2 rings (SSSR count). The highest BCUT2D eigenvalue weighted by Gasteiger charge is 2.51. The van der Waals surface area contributed by atoms with Crippen molar-refractivity contribution in [2.45, 2.75) is 45.5 Å². The molecule has 0 aliphatic heterocycles. The Morgan fingerprint density at radius 2 is 1.28 bits per heavy atom. The van der Waals surface area contributed by atoms with Crippen LogP contribution in [0.2, 0.25) is 24.7 Å². The fraction of sp³-hybridized carbons (Fsp3) is 0.280.